The summed E-state index contributed by atoms with van der Waals surface area (Å²) in [6, 6.07) is 8.63. The Balaban J connectivity index is 2.01. The van der Waals surface area contributed by atoms with Crippen molar-refractivity contribution in [3.05, 3.63) is 64.6 Å². The van der Waals surface area contributed by atoms with E-state index in [1.807, 2.05) is 0 Å². The molecule has 0 saturated heterocycles. The van der Waals surface area contributed by atoms with E-state index in [0.717, 1.165) is 12.1 Å². The number of rotatable bonds is 4. The number of alkyl halides is 3. The molecule has 2 rings (SSSR count). The van der Waals surface area contributed by atoms with Gasteiger partial charge in [-0.2, -0.15) is 13.2 Å². The van der Waals surface area contributed by atoms with Crippen LogP contribution >= 0.6 is 0 Å². The highest BCUT2D eigenvalue weighted by molar-refractivity contribution is 7.87. The van der Waals surface area contributed by atoms with Crippen molar-refractivity contribution in [3.63, 3.8) is 0 Å². The van der Waals surface area contributed by atoms with E-state index in [9.17, 15) is 27.6 Å². The summed E-state index contributed by atoms with van der Waals surface area (Å²) in [6.07, 6.45) is -2.89. The lowest BCUT2D eigenvalue weighted by Crippen LogP contribution is -2.04. The Hall–Kier alpha value is -2.28. The lowest BCUT2D eigenvalue weighted by molar-refractivity contribution is -0.137. The Morgan fingerprint density at radius 3 is 2.22 bits per heavy atom. The first-order chi connectivity index (χ1) is 10.8. The summed E-state index contributed by atoms with van der Waals surface area (Å²) in [4.78, 5) is 0. The Morgan fingerprint density at radius 2 is 1.65 bits per heavy atom. The normalized spacial score (nSPS) is 13.3. The van der Waals surface area contributed by atoms with Gasteiger partial charge in [0.25, 0.3) is 0 Å². The Bertz CT molecular complexity index is 737. The van der Waals surface area contributed by atoms with Gasteiger partial charge in [0.15, 0.2) is 11.5 Å². The SMILES string of the molecule is O=S(/C=C/c1ccc(O)c(O)c1)Cc1ccc(C(F)(F)F)cc1. The molecule has 0 aliphatic carbocycles. The topological polar surface area (TPSA) is 57.5 Å². The average Bonchev–Trinajstić information content (AvgIpc) is 2.48. The van der Waals surface area contributed by atoms with Crippen LogP contribution in [0.15, 0.2) is 47.9 Å². The molecule has 23 heavy (non-hydrogen) atoms. The monoisotopic (exact) mass is 342 g/mol. The molecule has 0 heterocycles. The molecular weight excluding hydrogens is 329 g/mol. The van der Waals surface area contributed by atoms with Gasteiger partial charge in [0.05, 0.1) is 22.1 Å². The highest BCUT2D eigenvalue weighted by Gasteiger charge is 2.29. The van der Waals surface area contributed by atoms with Crippen molar-refractivity contribution in [3.8, 4) is 11.5 Å². The van der Waals surface area contributed by atoms with E-state index in [4.69, 9.17) is 0 Å². The van der Waals surface area contributed by atoms with Crippen LogP contribution < -0.4 is 0 Å². The number of phenolic OH excluding ortho intramolecular Hbond substituents is 2. The van der Waals surface area contributed by atoms with E-state index in [2.05, 4.69) is 0 Å². The van der Waals surface area contributed by atoms with Gasteiger partial charge < -0.3 is 10.2 Å². The third-order valence-corrected chi connectivity index (χ3v) is 4.06. The van der Waals surface area contributed by atoms with Crippen LogP contribution in [-0.4, -0.2) is 14.4 Å². The Labute approximate surface area is 133 Å². The van der Waals surface area contributed by atoms with Gasteiger partial charge in [0.1, 0.15) is 0 Å². The number of hydrogen-bond donors (Lipinski definition) is 2. The molecule has 7 heteroatoms. The average molecular weight is 342 g/mol. The number of aromatic hydroxyl groups is 2. The molecule has 1 atom stereocenters. The summed E-state index contributed by atoms with van der Waals surface area (Å²) in [7, 11) is -1.42. The van der Waals surface area contributed by atoms with Gasteiger partial charge in [-0.3, -0.25) is 4.21 Å². The smallest absolute Gasteiger partial charge is 0.416 e. The van der Waals surface area contributed by atoms with E-state index in [1.54, 1.807) is 0 Å². The maximum Gasteiger partial charge on any atom is 0.416 e. The van der Waals surface area contributed by atoms with E-state index in [1.165, 1.54) is 41.8 Å². The lowest BCUT2D eigenvalue weighted by atomic mass is 10.1. The quantitative estimate of drug-likeness (QED) is 0.825. The van der Waals surface area contributed by atoms with Crippen molar-refractivity contribution in [1.29, 1.82) is 0 Å². The zero-order valence-corrected chi connectivity index (χ0v) is 12.6. The predicted molar refractivity (Wildman–Crippen MR) is 82.1 cm³/mol. The van der Waals surface area contributed by atoms with Gasteiger partial charge in [-0.25, -0.2) is 0 Å². The van der Waals surface area contributed by atoms with Gasteiger partial charge in [-0.1, -0.05) is 18.2 Å². The molecule has 0 bridgehead atoms. The molecule has 0 radical (unpaired) electrons. The van der Waals surface area contributed by atoms with Crippen LogP contribution in [-0.2, 0) is 22.7 Å². The van der Waals surface area contributed by atoms with E-state index in [-0.39, 0.29) is 17.3 Å². The molecule has 3 nitrogen and oxygen atoms in total. The van der Waals surface area contributed by atoms with Crippen molar-refractivity contribution in [2.24, 2.45) is 0 Å². The molecule has 0 aliphatic heterocycles. The van der Waals surface area contributed by atoms with Gasteiger partial charge in [0.2, 0.25) is 0 Å². The van der Waals surface area contributed by atoms with Crippen molar-refractivity contribution in [2.75, 3.05) is 0 Å². The van der Waals surface area contributed by atoms with Crippen LogP contribution in [0.4, 0.5) is 13.2 Å². The molecule has 0 aliphatic rings. The second kappa shape index (κ2) is 6.87. The van der Waals surface area contributed by atoms with Crippen molar-refractivity contribution < 1.29 is 27.6 Å². The standard InChI is InChI=1S/C16H13F3O3S/c17-16(18,19)13-4-1-12(2-5-13)10-23(22)8-7-11-3-6-14(20)15(21)9-11/h1-9,20-21H,10H2/b8-7+. The largest absolute Gasteiger partial charge is 0.504 e. The summed E-state index contributed by atoms with van der Waals surface area (Å²) in [5.41, 5.74) is 0.317. The number of benzene rings is 2. The summed E-state index contributed by atoms with van der Waals surface area (Å²) >= 11 is 0. The van der Waals surface area contributed by atoms with Crippen LogP contribution in [0.2, 0.25) is 0 Å². The minimum atomic E-state index is -4.39. The summed E-state index contributed by atoms with van der Waals surface area (Å²) < 4.78 is 49.2. The third-order valence-electron chi connectivity index (χ3n) is 3.00. The summed E-state index contributed by atoms with van der Waals surface area (Å²) in [5.74, 6) is -0.465. The number of hydrogen-bond acceptors (Lipinski definition) is 3. The fourth-order valence-corrected chi connectivity index (χ4v) is 2.73. The van der Waals surface area contributed by atoms with Crippen LogP contribution in [0, 0.1) is 0 Å². The molecule has 0 spiro atoms. The second-order valence-electron chi connectivity index (χ2n) is 4.77. The van der Waals surface area contributed by atoms with E-state index < -0.39 is 22.5 Å². The first-order valence-corrected chi connectivity index (χ1v) is 7.87. The molecule has 0 saturated carbocycles. The summed E-state index contributed by atoms with van der Waals surface area (Å²) in [5, 5.41) is 19.9. The van der Waals surface area contributed by atoms with Gasteiger partial charge >= 0.3 is 6.18 Å². The first-order valence-electron chi connectivity index (χ1n) is 6.49. The summed E-state index contributed by atoms with van der Waals surface area (Å²) in [6.45, 7) is 0. The van der Waals surface area contributed by atoms with Gasteiger partial charge in [-0.05, 0) is 41.5 Å². The Kier molecular flexibility index (Phi) is 5.10. The third kappa shape index (κ3) is 4.85. The highest BCUT2D eigenvalue weighted by Crippen LogP contribution is 2.29. The molecule has 0 aromatic heterocycles. The van der Waals surface area contributed by atoms with E-state index >= 15 is 0 Å². The minimum Gasteiger partial charge on any atom is -0.504 e. The van der Waals surface area contributed by atoms with Gasteiger partial charge in [-0.15, -0.1) is 0 Å². The molecule has 0 fully saturated rings. The molecule has 0 amide bonds. The molecule has 122 valence electrons. The van der Waals surface area contributed by atoms with Crippen LogP contribution in [0.1, 0.15) is 16.7 Å². The maximum absolute atomic E-state index is 12.4. The maximum atomic E-state index is 12.4. The van der Waals surface area contributed by atoms with Crippen molar-refractivity contribution in [2.45, 2.75) is 11.9 Å². The molecule has 2 aromatic rings. The zero-order valence-electron chi connectivity index (χ0n) is 11.7. The number of halogens is 3. The van der Waals surface area contributed by atoms with Crippen LogP contribution in [0.25, 0.3) is 6.08 Å². The zero-order chi connectivity index (χ0) is 17.0. The predicted octanol–water partition coefficient (Wildman–Crippen LogP) is 4.04. The fourth-order valence-electron chi connectivity index (χ4n) is 1.80. The first kappa shape index (κ1) is 17.1. The minimum absolute atomic E-state index is 0.0820. The van der Waals surface area contributed by atoms with Crippen LogP contribution in [0.5, 0.6) is 11.5 Å². The number of phenols is 2. The van der Waals surface area contributed by atoms with Gasteiger partial charge in [0, 0.05) is 5.41 Å². The highest BCUT2D eigenvalue weighted by atomic mass is 32.2. The molecule has 2 N–H and O–H groups in total. The lowest BCUT2D eigenvalue weighted by Gasteiger charge is -2.06. The van der Waals surface area contributed by atoms with E-state index in [0.29, 0.717) is 11.1 Å². The second-order valence-corrected chi connectivity index (χ2v) is 6.09. The molecule has 2 aromatic carbocycles. The molecular formula is C16H13F3O3S. The fraction of sp³-hybridized carbons (Fsp3) is 0.125. The Morgan fingerprint density at radius 1 is 1.00 bits per heavy atom. The van der Waals surface area contributed by atoms with Crippen LogP contribution in [0.3, 0.4) is 0 Å². The van der Waals surface area contributed by atoms with Crippen molar-refractivity contribution in [1.82, 2.24) is 0 Å². The molecule has 1 unspecified atom stereocenters. The van der Waals surface area contributed by atoms with Crippen molar-refractivity contribution >= 4 is 16.9 Å².